The molecule has 0 spiro atoms. The number of nitrogens with two attached hydrogens (primary N) is 1. The molecule has 0 radical (unpaired) electrons. The van der Waals surface area contributed by atoms with Crippen molar-refractivity contribution in [2.24, 2.45) is 5.73 Å². The number of thioether (sulfide) groups is 1. The summed E-state index contributed by atoms with van der Waals surface area (Å²) in [5.41, 5.74) is 8.64. The maximum atomic E-state index is 12.7. The molecule has 3 unspecified atom stereocenters. The van der Waals surface area contributed by atoms with Gasteiger partial charge in [-0.2, -0.15) is 0 Å². The number of carbonyl (C=O) groups is 3. The van der Waals surface area contributed by atoms with Gasteiger partial charge in [-0.05, 0) is 55.3 Å². The van der Waals surface area contributed by atoms with Gasteiger partial charge in [0.05, 0.1) is 26.1 Å². The molecular formula is C23H29N5O5S. The number of hydrogen-bond acceptors (Lipinski definition) is 8. The second-order valence-corrected chi connectivity index (χ2v) is 8.93. The fraction of sp³-hybridized carbons (Fsp3) is 0.348. The minimum atomic E-state index is -0.999. The van der Waals surface area contributed by atoms with Crippen molar-refractivity contribution in [1.82, 2.24) is 16.0 Å². The van der Waals surface area contributed by atoms with Crippen LogP contribution in [0.15, 0.2) is 36.4 Å². The first-order valence-electron chi connectivity index (χ1n) is 10.5. The van der Waals surface area contributed by atoms with Gasteiger partial charge in [-0.15, -0.1) is 11.8 Å². The fourth-order valence-corrected chi connectivity index (χ4v) is 4.39. The first-order chi connectivity index (χ1) is 16.2. The quantitative estimate of drug-likeness (QED) is 0.372. The Morgan fingerprint density at radius 1 is 1.06 bits per heavy atom. The molecule has 6 N–H and O–H groups in total. The average molecular weight is 488 g/mol. The van der Waals surface area contributed by atoms with Crippen LogP contribution in [0.25, 0.3) is 0 Å². The van der Waals surface area contributed by atoms with Gasteiger partial charge < -0.3 is 31.2 Å². The lowest BCUT2D eigenvalue weighted by molar-refractivity contribution is -0.125. The number of carbonyl (C=O) groups excluding carboxylic acids is 3. The standard InChI is InChI=1S/C23H29N5O5S/c1-12-7-13(2)9-15(8-12)25-18(29)11-34-23-27-20(24)19(22(31)28-23)26-21(30)14-5-6-16(32-3)17(10-14)33-4/h5-10,19-20,23,27H,11,24H2,1-4H3,(H,25,29)(H,26,30)(H,28,31). The first-order valence-corrected chi connectivity index (χ1v) is 11.6. The van der Waals surface area contributed by atoms with Crippen molar-refractivity contribution < 1.29 is 23.9 Å². The van der Waals surface area contributed by atoms with Crippen LogP contribution in [0.5, 0.6) is 11.5 Å². The molecule has 34 heavy (non-hydrogen) atoms. The number of hydrogen-bond donors (Lipinski definition) is 5. The van der Waals surface area contributed by atoms with E-state index in [-0.39, 0.29) is 17.2 Å². The van der Waals surface area contributed by atoms with E-state index in [9.17, 15) is 14.4 Å². The van der Waals surface area contributed by atoms with Gasteiger partial charge in [-0.25, -0.2) is 0 Å². The van der Waals surface area contributed by atoms with Crippen LogP contribution in [0.2, 0.25) is 0 Å². The Balaban J connectivity index is 1.53. The van der Waals surface area contributed by atoms with Gasteiger partial charge in [0.15, 0.2) is 11.5 Å². The SMILES string of the molecule is COc1ccc(C(=O)NC2C(=O)NC(SCC(=O)Nc3cc(C)cc(C)c3)NC2N)cc1OC. The van der Waals surface area contributed by atoms with Crippen molar-refractivity contribution >= 4 is 35.2 Å². The van der Waals surface area contributed by atoms with E-state index in [0.29, 0.717) is 11.5 Å². The zero-order chi connectivity index (χ0) is 24.8. The van der Waals surface area contributed by atoms with Crippen molar-refractivity contribution in [1.29, 1.82) is 0 Å². The third-order valence-electron chi connectivity index (χ3n) is 5.08. The molecule has 1 aliphatic rings. The molecule has 0 bridgehead atoms. The molecule has 10 nitrogen and oxygen atoms in total. The van der Waals surface area contributed by atoms with Gasteiger partial charge in [0, 0.05) is 11.3 Å². The van der Waals surface area contributed by atoms with Crippen molar-refractivity contribution in [3.8, 4) is 11.5 Å². The number of aryl methyl sites for hydroxylation is 2. The molecule has 3 atom stereocenters. The van der Waals surface area contributed by atoms with Gasteiger partial charge >= 0.3 is 0 Å². The lowest BCUT2D eigenvalue weighted by atomic mass is 10.1. The molecule has 0 aromatic heterocycles. The maximum Gasteiger partial charge on any atom is 0.252 e. The zero-order valence-electron chi connectivity index (χ0n) is 19.4. The summed E-state index contributed by atoms with van der Waals surface area (Å²) in [6, 6.07) is 9.47. The van der Waals surface area contributed by atoms with Crippen LogP contribution in [0.4, 0.5) is 5.69 Å². The smallest absolute Gasteiger partial charge is 0.252 e. The second kappa shape index (κ2) is 11.2. The van der Waals surface area contributed by atoms with Crippen LogP contribution in [-0.2, 0) is 9.59 Å². The predicted octanol–water partition coefficient (Wildman–Crippen LogP) is 1.08. The molecule has 1 fully saturated rings. The summed E-state index contributed by atoms with van der Waals surface area (Å²) >= 11 is 1.19. The van der Waals surface area contributed by atoms with Crippen molar-refractivity contribution in [2.45, 2.75) is 31.6 Å². The molecule has 0 saturated carbocycles. The van der Waals surface area contributed by atoms with E-state index >= 15 is 0 Å². The van der Waals surface area contributed by atoms with E-state index in [2.05, 4.69) is 21.3 Å². The molecule has 3 amide bonds. The summed E-state index contributed by atoms with van der Waals surface area (Å²) in [5.74, 6) is -0.177. The summed E-state index contributed by atoms with van der Waals surface area (Å²) in [4.78, 5) is 37.6. The van der Waals surface area contributed by atoms with Crippen LogP contribution >= 0.6 is 11.8 Å². The fourth-order valence-electron chi connectivity index (χ4n) is 3.54. The summed E-state index contributed by atoms with van der Waals surface area (Å²) in [7, 11) is 2.96. The highest BCUT2D eigenvalue weighted by molar-refractivity contribution is 8.00. The number of anilines is 1. The lowest BCUT2D eigenvalue weighted by Gasteiger charge is -2.35. The Kier molecular flexibility index (Phi) is 8.37. The van der Waals surface area contributed by atoms with Crippen LogP contribution in [0, 0.1) is 13.8 Å². The number of ether oxygens (including phenoxy) is 2. The van der Waals surface area contributed by atoms with Gasteiger partial charge in [0.2, 0.25) is 11.8 Å². The number of benzene rings is 2. The maximum absolute atomic E-state index is 12.7. The van der Waals surface area contributed by atoms with Crippen LogP contribution < -0.4 is 36.5 Å². The van der Waals surface area contributed by atoms with Crippen molar-refractivity contribution in [3.05, 3.63) is 53.1 Å². The molecular weight excluding hydrogens is 458 g/mol. The predicted molar refractivity (Wildman–Crippen MR) is 131 cm³/mol. The minimum Gasteiger partial charge on any atom is -0.493 e. The number of nitrogens with one attached hydrogen (secondary N) is 4. The molecule has 2 aromatic carbocycles. The van der Waals surface area contributed by atoms with Crippen LogP contribution in [0.1, 0.15) is 21.5 Å². The van der Waals surface area contributed by atoms with E-state index in [4.69, 9.17) is 15.2 Å². The Morgan fingerprint density at radius 2 is 1.74 bits per heavy atom. The van der Waals surface area contributed by atoms with Gasteiger partial charge in [0.1, 0.15) is 11.5 Å². The molecule has 2 aromatic rings. The number of amides is 3. The Morgan fingerprint density at radius 3 is 2.35 bits per heavy atom. The Hall–Kier alpha value is -3.28. The molecule has 11 heteroatoms. The summed E-state index contributed by atoms with van der Waals surface area (Å²) in [5, 5.41) is 11.2. The highest BCUT2D eigenvalue weighted by Crippen LogP contribution is 2.27. The third kappa shape index (κ3) is 6.40. The highest BCUT2D eigenvalue weighted by Gasteiger charge is 2.35. The van der Waals surface area contributed by atoms with Crippen molar-refractivity contribution in [3.63, 3.8) is 0 Å². The van der Waals surface area contributed by atoms with E-state index in [1.165, 1.54) is 32.0 Å². The monoisotopic (exact) mass is 487 g/mol. The normalized spacial score (nSPS) is 19.7. The van der Waals surface area contributed by atoms with Crippen molar-refractivity contribution in [2.75, 3.05) is 25.3 Å². The molecule has 1 saturated heterocycles. The average Bonchev–Trinajstić information content (AvgIpc) is 2.78. The molecule has 3 rings (SSSR count). The number of rotatable bonds is 8. The largest absolute Gasteiger partial charge is 0.493 e. The summed E-state index contributed by atoms with van der Waals surface area (Å²) in [6.45, 7) is 3.92. The van der Waals surface area contributed by atoms with E-state index in [0.717, 1.165) is 16.8 Å². The third-order valence-corrected chi connectivity index (χ3v) is 6.09. The highest BCUT2D eigenvalue weighted by atomic mass is 32.2. The van der Waals surface area contributed by atoms with Gasteiger partial charge in [-0.3, -0.25) is 19.7 Å². The summed E-state index contributed by atoms with van der Waals surface area (Å²) in [6.07, 6.45) is -0.849. The molecule has 1 aliphatic heterocycles. The second-order valence-electron chi connectivity index (χ2n) is 7.84. The topological polar surface area (TPSA) is 144 Å². The van der Waals surface area contributed by atoms with E-state index in [1.54, 1.807) is 12.1 Å². The van der Waals surface area contributed by atoms with E-state index < -0.39 is 29.5 Å². The number of methoxy groups -OCH3 is 2. The van der Waals surface area contributed by atoms with Crippen LogP contribution in [0.3, 0.4) is 0 Å². The first kappa shape index (κ1) is 25.3. The molecule has 0 aliphatic carbocycles. The zero-order valence-corrected chi connectivity index (χ0v) is 20.2. The Labute approximate surface area is 202 Å². The molecule has 182 valence electrons. The molecule has 1 heterocycles. The van der Waals surface area contributed by atoms with E-state index in [1.807, 2.05) is 32.0 Å². The van der Waals surface area contributed by atoms with Gasteiger partial charge in [-0.1, -0.05) is 6.07 Å². The Bertz CT molecular complexity index is 1060. The van der Waals surface area contributed by atoms with Gasteiger partial charge in [0.25, 0.3) is 5.91 Å². The van der Waals surface area contributed by atoms with Crippen LogP contribution in [-0.4, -0.2) is 55.4 Å². The lowest BCUT2D eigenvalue weighted by Crippen LogP contribution is -2.70. The summed E-state index contributed by atoms with van der Waals surface area (Å²) < 4.78 is 10.4. The minimum absolute atomic E-state index is 0.0975.